The molecule has 3 rings (SSSR count). The van der Waals surface area contributed by atoms with Crippen LogP contribution >= 0.6 is 0 Å². The van der Waals surface area contributed by atoms with E-state index < -0.39 is 81.3 Å². The van der Waals surface area contributed by atoms with E-state index in [9.17, 15) is 48.3 Å². The van der Waals surface area contributed by atoms with E-state index in [1.165, 1.54) is 0 Å². The van der Waals surface area contributed by atoms with Crippen LogP contribution in [0.2, 0.25) is 0 Å². The smallest absolute Gasteiger partial charge is 0.432 e. The summed E-state index contributed by atoms with van der Waals surface area (Å²) in [6, 6.07) is 2.84. The van der Waals surface area contributed by atoms with Gasteiger partial charge in [0.15, 0.2) is 23.6 Å². The Hall–Kier alpha value is -3.97. The molecule has 14 heteroatoms. The molecule has 3 aromatic carbocycles. The van der Waals surface area contributed by atoms with Crippen molar-refractivity contribution in [2.24, 2.45) is 0 Å². The predicted molar refractivity (Wildman–Crippen MR) is 105 cm³/mol. The van der Waals surface area contributed by atoms with Gasteiger partial charge in [-0.25, -0.2) is 22.0 Å². The summed E-state index contributed by atoms with van der Waals surface area (Å²) >= 11 is 0. The molecule has 0 aromatic heterocycles. The first kappa shape index (κ1) is 27.6. The first-order valence-electron chi connectivity index (χ1n) is 9.67. The van der Waals surface area contributed by atoms with Crippen molar-refractivity contribution in [1.82, 2.24) is 0 Å². The lowest BCUT2D eigenvalue weighted by Crippen LogP contribution is -2.25. The maximum atomic E-state index is 14.6. The SMILES string of the molecule is CC(F)(F)Oc1ccc(-c2cc(F)c(C(F)(F)Oc3cc(F)c(OC=C(F)F)c(F)c3)c(F)c2)c(F)c1. The maximum Gasteiger partial charge on any atom is 0.432 e. The summed E-state index contributed by atoms with van der Waals surface area (Å²) in [6.07, 6.45) is -11.3. The molecule has 3 aromatic rings. The molecule has 0 spiro atoms. The highest BCUT2D eigenvalue weighted by Crippen LogP contribution is 2.39. The Kier molecular flexibility index (Phi) is 7.60. The van der Waals surface area contributed by atoms with Crippen molar-refractivity contribution in [1.29, 1.82) is 0 Å². The number of ether oxygens (including phenoxy) is 3. The molecule has 0 aliphatic heterocycles. The predicted octanol–water partition coefficient (Wildman–Crippen LogP) is 8.29. The number of hydrogen-bond acceptors (Lipinski definition) is 3. The molecule has 0 atom stereocenters. The zero-order valence-electron chi connectivity index (χ0n) is 18.0. The van der Waals surface area contributed by atoms with Gasteiger partial charge >= 0.3 is 18.3 Å². The van der Waals surface area contributed by atoms with Gasteiger partial charge in [0.05, 0.1) is 0 Å². The number of alkyl halides is 4. The second-order valence-corrected chi connectivity index (χ2v) is 7.23. The lowest BCUT2D eigenvalue weighted by Gasteiger charge is -2.20. The van der Waals surface area contributed by atoms with E-state index in [1.807, 2.05) is 0 Å². The van der Waals surface area contributed by atoms with Crippen LogP contribution in [0.3, 0.4) is 0 Å². The van der Waals surface area contributed by atoms with Crippen molar-refractivity contribution >= 4 is 0 Å². The van der Waals surface area contributed by atoms with Crippen LogP contribution in [0.5, 0.6) is 17.2 Å². The van der Waals surface area contributed by atoms with Crippen molar-refractivity contribution in [2.75, 3.05) is 0 Å². The Bertz CT molecular complexity index is 1300. The van der Waals surface area contributed by atoms with E-state index in [1.54, 1.807) is 0 Å². The Morgan fingerprint density at radius 3 is 1.73 bits per heavy atom. The largest absolute Gasteiger partial charge is 0.453 e. The van der Waals surface area contributed by atoms with Gasteiger partial charge in [-0.05, 0) is 29.8 Å². The Labute approximate surface area is 200 Å². The summed E-state index contributed by atoms with van der Waals surface area (Å²) in [5.41, 5.74) is -3.21. The van der Waals surface area contributed by atoms with Gasteiger partial charge in [-0.3, -0.25) is 0 Å². The van der Waals surface area contributed by atoms with Gasteiger partial charge in [-0.15, -0.1) is 0 Å². The fourth-order valence-corrected chi connectivity index (χ4v) is 3.02. The molecule has 0 saturated heterocycles. The van der Waals surface area contributed by atoms with Gasteiger partial charge in [0, 0.05) is 30.7 Å². The molecular formula is C23H11F11O3. The van der Waals surface area contributed by atoms with Gasteiger partial charge < -0.3 is 14.2 Å². The number of rotatable bonds is 8. The quantitative estimate of drug-likeness (QED) is 0.211. The van der Waals surface area contributed by atoms with E-state index in [0.717, 1.165) is 12.1 Å². The molecule has 0 aliphatic carbocycles. The summed E-state index contributed by atoms with van der Waals surface area (Å²) in [5, 5.41) is 0. The molecular weight excluding hydrogens is 533 g/mol. The molecule has 0 radical (unpaired) electrons. The topological polar surface area (TPSA) is 27.7 Å². The van der Waals surface area contributed by atoms with Gasteiger partial charge in [-0.2, -0.15) is 26.3 Å². The van der Waals surface area contributed by atoms with Crippen molar-refractivity contribution in [2.45, 2.75) is 19.1 Å². The van der Waals surface area contributed by atoms with E-state index in [-0.39, 0.29) is 30.5 Å². The summed E-state index contributed by atoms with van der Waals surface area (Å²) in [4.78, 5) is 0. The average Bonchev–Trinajstić information content (AvgIpc) is 2.70. The molecule has 0 fully saturated rings. The number of halogens is 11. The first-order valence-corrected chi connectivity index (χ1v) is 9.67. The molecule has 37 heavy (non-hydrogen) atoms. The van der Waals surface area contributed by atoms with Gasteiger partial charge in [-0.1, -0.05) is 0 Å². The van der Waals surface area contributed by atoms with Crippen LogP contribution in [0.4, 0.5) is 48.3 Å². The highest BCUT2D eigenvalue weighted by molar-refractivity contribution is 5.66. The van der Waals surface area contributed by atoms with Crippen molar-refractivity contribution in [3.05, 3.63) is 89.5 Å². The molecule has 0 N–H and O–H groups in total. The summed E-state index contributed by atoms with van der Waals surface area (Å²) < 4.78 is 162. The molecule has 3 nitrogen and oxygen atoms in total. The third-order valence-electron chi connectivity index (χ3n) is 4.37. The number of benzene rings is 3. The van der Waals surface area contributed by atoms with Gasteiger partial charge in [0.1, 0.15) is 34.5 Å². The van der Waals surface area contributed by atoms with Crippen LogP contribution in [0.25, 0.3) is 11.1 Å². The summed E-state index contributed by atoms with van der Waals surface area (Å²) in [7, 11) is 0. The zero-order chi connectivity index (χ0) is 27.7. The maximum absolute atomic E-state index is 14.6. The molecule has 0 saturated carbocycles. The van der Waals surface area contributed by atoms with Crippen molar-refractivity contribution in [3.8, 4) is 28.4 Å². The average molecular weight is 544 g/mol. The van der Waals surface area contributed by atoms with Crippen molar-refractivity contribution < 1.29 is 62.5 Å². The van der Waals surface area contributed by atoms with E-state index in [2.05, 4.69) is 14.2 Å². The zero-order valence-corrected chi connectivity index (χ0v) is 18.0. The van der Waals surface area contributed by atoms with Crippen LogP contribution < -0.4 is 14.2 Å². The lowest BCUT2D eigenvalue weighted by molar-refractivity contribution is -0.189. The van der Waals surface area contributed by atoms with Crippen LogP contribution in [-0.4, -0.2) is 6.11 Å². The first-order chi connectivity index (χ1) is 17.1. The molecule has 0 bridgehead atoms. The minimum absolute atomic E-state index is 0.0826. The Morgan fingerprint density at radius 2 is 1.24 bits per heavy atom. The molecule has 0 amide bonds. The van der Waals surface area contributed by atoms with E-state index in [0.29, 0.717) is 13.0 Å². The summed E-state index contributed by atoms with van der Waals surface area (Å²) in [5.74, 6) is -12.1. The third-order valence-corrected chi connectivity index (χ3v) is 4.37. The second kappa shape index (κ2) is 10.2. The van der Waals surface area contributed by atoms with Crippen LogP contribution in [-0.2, 0) is 6.11 Å². The normalized spacial score (nSPS) is 11.8. The molecule has 0 unspecified atom stereocenters. The fraction of sp³-hybridized carbons (Fsp3) is 0.130. The molecule has 0 aliphatic rings. The summed E-state index contributed by atoms with van der Waals surface area (Å²) in [6.45, 7) is 0.376. The molecule has 0 heterocycles. The highest BCUT2D eigenvalue weighted by atomic mass is 19.3. The highest BCUT2D eigenvalue weighted by Gasteiger charge is 2.41. The standard InChI is InChI=1S/C23H11F11O3/c1-22(31,32)36-11-2-3-13(14(24)6-11)10-4-15(25)20(16(26)5-10)23(33,34)37-12-7-17(27)21(18(28)8-12)35-9-19(29)30/h2-9H,1H3. The minimum Gasteiger partial charge on any atom is -0.453 e. The monoisotopic (exact) mass is 544 g/mol. The lowest BCUT2D eigenvalue weighted by atomic mass is 10.0. The van der Waals surface area contributed by atoms with Crippen LogP contribution in [0, 0.1) is 29.1 Å². The molecule has 198 valence electrons. The minimum atomic E-state index is -4.89. The van der Waals surface area contributed by atoms with Crippen LogP contribution in [0.15, 0.2) is 54.8 Å². The van der Waals surface area contributed by atoms with E-state index in [4.69, 9.17) is 0 Å². The van der Waals surface area contributed by atoms with Crippen molar-refractivity contribution in [3.63, 3.8) is 0 Å². The van der Waals surface area contributed by atoms with Gasteiger partial charge in [0.2, 0.25) is 0 Å². The number of hydrogen-bond donors (Lipinski definition) is 0. The third kappa shape index (κ3) is 6.62. The Morgan fingerprint density at radius 1 is 0.703 bits per heavy atom. The van der Waals surface area contributed by atoms with Crippen LogP contribution in [0.1, 0.15) is 12.5 Å². The van der Waals surface area contributed by atoms with E-state index >= 15 is 0 Å². The van der Waals surface area contributed by atoms with Gasteiger partial charge in [0.25, 0.3) is 0 Å². The Balaban J connectivity index is 1.92. The fourth-order valence-electron chi connectivity index (χ4n) is 3.02. The second-order valence-electron chi connectivity index (χ2n) is 7.23.